The molecule has 0 aromatic heterocycles. The summed E-state index contributed by atoms with van der Waals surface area (Å²) in [6.07, 6.45) is 0. The van der Waals surface area contributed by atoms with E-state index in [4.69, 9.17) is 0 Å². The van der Waals surface area contributed by atoms with Crippen LogP contribution >= 0.6 is 0 Å². The molecular formula is C7H2O6. The molecule has 6 heteroatoms. The van der Waals surface area contributed by atoms with E-state index in [0.29, 0.717) is 0 Å². The highest BCUT2D eigenvalue weighted by Crippen LogP contribution is 2.68. The molecule has 2 aliphatic heterocycles. The number of rotatable bonds is 0. The molecule has 6 nitrogen and oxygen atoms in total. The summed E-state index contributed by atoms with van der Waals surface area (Å²) in [5.41, 5.74) is -1.48. The molecule has 3 aliphatic rings. The largest absolute Gasteiger partial charge is 0.393 e. The zero-order chi connectivity index (χ0) is 9.38. The van der Waals surface area contributed by atoms with Gasteiger partial charge in [0.1, 0.15) is 11.8 Å². The number of carbonyl (C=O) groups excluding carboxylic acids is 4. The SMILES string of the molecule is O=C1OC(=O)[C@@H]2C1C21C(=O)OC1=O. The molecule has 66 valence electrons. The lowest BCUT2D eigenvalue weighted by Crippen LogP contribution is -2.48. The Morgan fingerprint density at radius 2 is 1.31 bits per heavy atom. The van der Waals surface area contributed by atoms with Gasteiger partial charge in [-0.3, -0.25) is 19.2 Å². The van der Waals surface area contributed by atoms with Crippen LogP contribution in [0.5, 0.6) is 0 Å². The quantitative estimate of drug-likeness (QED) is 0.330. The Kier molecular flexibility index (Phi) is 0.781. The van der Waals surface area contributed by atoms with E-state index in [0.717, 1.165) is 0 Å². The molecule has 1 spiro atoms. The van der Waals surface area contributed by atoms with Crippen LogP contribution in [-0.4, -0.2) is 23.9 Å². The van der Waals surface area contributed by atoms with Gasteiger partial charge in [-0.25, -0.2) is 0 Å². The summed E-state index contributed by atoms with van der Waals surface area (Å²) in [4.78, 5) is 43.7. The van der Waals surface area contributed by atoms with Crippen LogP contribution in [0, 0.1) is 17.3 Å². The van der Waals surface area contributed by atoms with E-state index >= 15 is 0 Å². The number of fused-ring (bicyclic) bond motifs is 3. The number of carbonyl (C=O) groups is 4. The molecule has 0 aromatic rings. The monoisotopic (exact) mass is 182 g/mol. The average Bonchev–Trinajstić information content (AvgIpc) is 2.69. The normalized spacial score (nSPS) is 38.2. The molecule has 3 rings (SSSR count). The standard InChI is InChI=1S/C7H2O6/c8-3-1-2(4(9)12-3)7(1)5(10)13-6(7)11/h1-2H/t1-,2?/m0/s1. The number of esters is 4. The first-order valence-electron chi connectivity index (χ1n) is 3.62. The molecular weight excluding hydrogens is 180 g/mol. The Morgan fingerprint density at radius 1 is 0.846 bits per heavy atom. The minimum Gasteiger partial charge on any atom is -0.393 e. The topological polar surface area (TPSA) is 86.7 Å². The van der Waals surface area contributed by atoms with Gasteiger partial charge in [0.15, 0.2) is 5.41 Å². The van der Waals surface area contributed by atoms with Crippen LogP contribution in [0.2, 0.25) is 0 Å². The molecule has 1 aliphatic carbocycles. The summed E-state index contributed by atoms with van der Waals surface area (Å²) in [6, 6.07) is 0. The molecule has 0 radical (unpaired) electrons. The van der Waals surface area contributed by atoms with Crippen molar-refractivity contribution in [3.05, 3.63) is 0 Å². The highest BCUT2D eigenvalue weighted by atomic mass is 16.6. The van der Waals surface area contributed by atoms with Crippen LogP contribution in [0.3, 0.4) is 0 Å². The predicted molar refractivity (Wildman–Crippen MR) is 31.6 cm³/mol. The number of hydrogen-bond acceptors (Lipinski definition) is 6. The Morgan fingerprint density at radius 3 is 1.62 bits per heavy atom. The van der Waals surface area contributed by atoms with Gasteiger partial charge in [0, 0.05) is 0 Å². The summed E-state index contributed by atoms with van der Waals surface area (Å²) < 4.78 is 8.33. The first kappa shape index (κ1) is 6.76. The summed E-state index contributed by atoms with van der Waals surface area (Å²) in [7, 11) is 0. The lowest BCUT2D eigenvalue weighted by atomic mass is 9.97. The smallest absolute Gasteiger partial charge is 0.333 e. The molecule has 0 N–H and O–H groups in total. The Labute approximate surface area is 70.8 Å². The van der Waals surface area contributed by atoms with Crippen molar-refractivity contribution in [3.63, 3.8) is 0 Å². The second-order valence-electron chi connectivity index (χ2n) is 3.24. The van der Waals surface area contributed by atoms with Crippen molar-refractivity contribution in [1.82, 2.24) is 0 Å². The maximum absolute atomic E-state index is 10.9. The van der Waals surface area contributed by atoms with Crippen LogP contribution in [0.25, 0.3) is 0 Å². The van der Waals surface area contributed by atoms with Gasteiger partial charge in [-0.15, -0.1) is 0 Å². The molecule has 2 heterocycles. The molecule has 13 heavy (non-hydrogen) atoms. The maximum atomic E-state index is 10.9. The van der Waals surface area contributed by atoms with Crippen LogP contribution in [0.1, 0.15) is 0 Å². The van der Waals surface area contributed by atoms with E-state index < -0.39 is 41.1 Å². The fraction of sp³-hybridized carbons (Fsp3) is 0.429. The van der Waals surface area contributed by atoms with Crippen LogP contribution < -0.4 is 0 Å². The Bertz CT molecular complexity index is 354. The van der Waals surface area contributed by atoms with Crippen molar-refractivity contribution in [3.8, 4) is 0 Å². The van der Waals surface area contributed by atoms with Gasteiger partial charge in [0.2, 0.25) is 0 Å². The van der Waals surface area contributed by atoms with Crippen molar-refractivity contribution in [2.75, 3.05) is 0 Å². The second kappa shape index (κ2) is 1.50. The van der Waals surface area contributed by atoms with Crippen LogP contribution in [-0.2, 0) is 28.7 Å². The number of ether oxygens (including phenoxy) is 2. The van der Waals surface area contributed by atoms with Gasteiger partial charge in [0.25, 0.3) is 0 Å². The zero-order valence-electron chi connectivity index (χ0n) is 6.10. The van der Waals surface area contributed by atoms with Crippen molar-refractivity contribution in [1.29, 1.82) is 0 Å². The molecule has 0 amide bonds. The van der Waals surface area contributed by atoms with Gasteiger partial charge >= 0.3 is 23.9 Å². The molecule has 1 unspecified atom stereocenters. The predicted octanol–water partition coefficient (Wildman–Crippen LogP) is -1.61. The fourth-order valence-electron chi connectivity index (χ4n) is 2.06. The van der Waals surface area contributed by atoms with Crippen LogP contribution in [0.15, 0.2) is 0 Å². The van der Waals surface area contributed by atoms with E-state index in [9.17, 15) is 19.2 Å². The van der Waals surface area contributed by atoms with Crippen molar-refractivity contribution in [2.24, 2.45) is 17.3 Å². The molecule has 0 bridgehead atoms. The van der Waals surface area contributed by atoms with Crippen molar-refractivity contribution in [2.45, 2.75) is 0 Å². The van der Waals surface area contributed by atoms with E-state index in [1.165, 1.54) is 0 Å². The highest BCUT2D eigenvalue weighted by Gasteiger charge is 2.91. The average molecular weight is 182 g/mol. The summed E-state index contributed by atoms with van der Waals surface area (Å²) in [5, 5.41) is 0. The third-order valence-corrected chi connectivity index (χ3v) is 2.78. The van der Waals surface area contributed by atoms with Crippen molar-refractivity contribution >= 4 is 23.9 Å². The first-order chi connectivity index (χ1) is 6.10. The van der Waals surface area contributed by atoms with Gasteiger partial charge in [-0.1, -0.05) is 0 Å². The number of hydrogen-bond donors (Lipinski definition) is 0. The molecule has 1 saturated carbocycles. The molecule has 3 fully saturated rings. The van der Waals surface area contributed by atoms with Gasteiger partial charge in [0.05, 0.1) is 0 Å². The van der Waals surface area contributed by atoms with E-state index in [1.54, 1.807) is 0 Å². The lowest BCUT2D eigenvalue weighted by Gasteiger charge is -2.23. The summed E-state index contributed by atoms with van der Waals surface area (Å²) >= 11 is 0. The molecule has 0 aromatic carbocycles. The fourth-order valence-corrected chi connectivity index (χ4v) is 2.06. The Hall–Kier alpha value is -1.72. The van der Waals surface area contributed by atoms with Gasteiger partial charge in [-0.05, 0) is 0 Å². The maximum Gasteiger partial charge on any atom is 0.333 e. The van der Waals surface area contributed by atoms with E-state index in [-0.39, 0.29) is 0 Å². The highest BCUT2D eigenvalue weighted by molar-refractivity contribution is 6.27. The van der Waals surface area contributed by atoms with Crippen molar-refractivity contribution < 1.29 is 28.7 Å². The summed E-state index contributed by atoms with van der Waals surface area (Å²) in [6.45, 7) is 0. The second-order valence-corrected chi connectivity index (χ2v) is 3.24. The third kappa shape index (κ3) is 0.434. The van der Waals surface area contributed by atoms with E-state index in [2.05, 4.69) is 9.47 Å². The van der Waals surface area contributed by atoms with Gasteiger partial charge in [-0.2, -0.15) is 0 Å². The summed E-state index contributed by atoms with van der Waals surface area (Å²) in [5.74, 6) is -4.96. The van der Waals surface area contributed by atoms with Crippen LogP contribution in [0.4, 0.5) is 0 Å². The number of cyclic esters (lactones) is 4. The third-order valence-electron chi connectivity index (χ3n) is 2.78. The lowest BCUT2D eigenvalue weighted by molar-refractivity contribution is -0.194. The van der Waals surface area contributed by atoms with E-state index in [1.807, 2.05) is 0 Å². The Balaban J connectivity index is 2.08. The van der Waals surface area contributed by atoms with Gasteiger partial charge < -0.3 is 9.47 Å². The first-order valence-corrected chi connectivity index (χ1v) is 3.62. The zero-order valence-corrected chi connectivity index (χ0v) is 6.10. The minimum atomic E-state index is -1.48. The molecule has 2 atom stereocenters. The minimum absolute atomic E-state index is 0.780. The molecule has 2 saturated heterocycles.